The maximum absolute atomic E-state index is 12.0. The van der Waals surface area contributed by atoms with Gasteiger partial charge in [0.05, 0.1) is 19.0 Å². The Morgan fingerprint density at radius 2 is 2.19 bits per heavy atom. The first-order valence-corrected chi connectivity index (χ1v) is 10.3. The van der Waals surface area contributed by atoms with Crippen LogP contribution >= 0.6 is 22.9 Å². The van der Waals surface area contributed by atoms with Crippen molar-refractivity contribution in [3.8, 4) is 16.6 Å². The number of carbonyl (C=O) groups is 2. The minimum absolute atomic E-state index is 0.0712. The van der Waals surface area contributed by atoms with Crippen LogP contribution in [0.2, 0.25) is 5.02 Å². The molecule has 158 valence electrons. The SMILES string of the molecule is CC(Oc1nc(-c2cnc3cnc(C=O)cn23)sc1C(N)=O)c1ccc(CO)cc1Cl. The summed E-state index contributed by atoms with van der Waals surface area (Å²) < 4.78 is 7.59. The van der Waals surface area contributed by atoms with Crippen molar-refractivity contribution in [2.45, 2.75) is 19.6 Å². The van der Waals surface area contributed by atoms with E-state index in [4.69, 9.17) is 22.1 Å². The first kappa shape index (κ1) is 20.9. The quantitative estimate of drug-likeness (QED) is 0.407. The lowest BCUT2D eigenvalue weighted by molar-refractivity contribution is 0.0996. The predicted octanol–water partition coefficient (Wildman–Crippen LogP) is 3.05. The maximum Gasteiger partial charge on any atom is 0.264 e. The average Bonchev–Trinajstić information content (AvgIpc) is 3.36. The normalized spacial score (nSPS) is 12.1. The highest BCUT2D eigenvalue weighted by Gasteiger charge is 2.23. The fourth-order valence-electron chi connectivity index (χ4n) is 3.00. The van der Waals surface area contributed by atoms with Gasteiger partial charge < -0.3 is 15.6 Å². The van der Waals surface area contributed by atoms with Crippen LogP contribution in [-0.4, -0.2) is 36.7 Å². The van der Waals surface area contributed by atoms with Crippen molar-refractivity contribution in [1.29, 1.82) is 0 Å². The topological polar surface area (TPSA) is 133 Å². The molecule has 1 amide bonds. The molecule has 4 aromatic rings. The van der Waals surface area contributed by atoms with Crippen molar-refractivity contribution in [1.82, 2.24) is 19.4 Å². The molecule has 0 fully saturated rings. The van der Waals surface area contributed by atoms with E-state index in [0.29, 0.717) is 38.8 Å². The van der Waals surface area contributed by atoms with Gasteiger partial charge in [-0.2, -0.15) is 4.98 Å². The number of hydrogen-bond acceptors (Lipinski definition) is 8. The maximum atomic E-state index is 12.0. The first-order valence-electron chi connectivity index (χ1n) is 9.06. The summed E-state index contributed by atoms with van der Waals surface area (Å²) in [5, 5.41) is 10.1. The molecule has 3 aromatic heterocycles. The van der Waals surface area contributed by atoms with Crippen LogP contribution in [0.1, 0.15) is 44.3 Å². The van der Waals surface area contributed by atoms with Crippen LogP contribution in [0.3, 0.4) is 0 Å². The number of aromatic nitrogens is 4. The third kappa shape index (κ3) is 4.00. The summed E-state index contributed by atoms with van der Waals surface area (Å²) in [6.45, 7) is 1.64. The number of aliphatic hydroxyl groups is 1. The first-order chi connectivity index (χ1) is 14.9. The molecule has 3 N–H and O–H groups in total. The minimum Gasteiger partial charge on any atom is -0.469 e. The van der Waals surface area contributed by atoms with Gasteiger partial charge in [0.15, 0.2) is 16.8 Å². The van der Waals surface area contributed by atoms with E-state index in [2.05, 4.69) is 15.0 Å². The van der Waals surface area contributed by atoms with E-state index in [9.17, 15) is 14.7 Å². The highest BCUT2D eigenvalue weighted by Crippen LogP contribution is 2.36. The Bertz CT molecular complexity index is 1300. The lowest BCUT2D eigenvalue weighted by atomic mass is 10.1. The third-order valence-electron chi connectivity index (χ3n) is 4.55. The molecular weight excluding hydrogens is 442 g/mol. The van der Waals surface area contributed by atoms with Crippen molar-refractivity contribution < 1.29 is 19.4 Å². The predicted molar refractivity (Wildman–Crippen MR) is 114 cm³/mol. The van der Waals surface area contributed by atoms with Crippen LogP contribution in [0.4, 0.5) is 0 Å². The lowest BCUT2D eigenvalue weighted by Gasteiger charge is -2.15. The molecule has 0 bridgehead atoms. The van der Waals surface area contributed by atoms with Crippen LogP contribution < -0.4 is 10.5 Å². The Kier molecular flexibility index (Phi) is 5.68. The standard InChI is InChI=1S/C20H16ClN5O4S/c1-10(13-3-2-11(8-27)4-14(13)21)30-19-17(18(22)29)31-20(25-19)15-5-24-16-6-23-12(9-28)7-26(15)16/h2-7,9-10,27H,8H2,1H3,(H2,22,29). The van der Waals surface area contributed by atoms with Crippen LogP contribution in [0.15, 0.2) is 36.8 Å². The molecule has 1 unspecified atom stereocenters. The number of ether oxygens (including phenoxy) is 1. The Balaban J connectivity index is 1.72. The molecule has 0 saturated carbocycles. The van der Waals surface area contributed by atoms with Gasteiger partial charge in [0.25, 0.3) is 5.91 Å². The molecule has 0 spiro atoms. The number of aldehydes is 1. The Morgan fingerprint density at radius 1 is 1.39 bits per heavy atom. The van der Waals surface area contributed by atoms with Crippen molar-refractivity contribution in [2.75, 3.05) is 0 Å². The number of primary amides is 1. The summed E-state index contributed by atoms with van der Waals surface area (Å²) in [5.41, 5.74) is 8.18. The van der Waals surface area contributed by atoms with Gasteiger partial charge in [0.1, 0.15) is 22.5 Å². The van der Waals surface area contributed by atoms with Crippen molar-refractivity contribution in [3.63, 3.8) is 0 Å². The highest BCUT2D eigenvalue weighted by atomic mass is 35.5. The average molecular weight is 458 g/mol. The number of aliphatic hydroxyl groups excluding tert-OH is 1. The number of fused-ring (bicyclic) bond motifs is 1. The lowest BCUT2D eigenvalue weighted by Crippen LogP contribution is -2.12. The molecule has 31 heavy (non-hydrogen) atoms. The summed E-state index contributed by atoms with van der Waals surface area (Å²) in [7, 11) is 0. The largest absolute Gasteiger partial charge is 0.469 e. The monoisotopic (exact) mass is 457 g/mol. The van der Waals surface area contributed by atoms with Crippen molar-refractivity contribution in [2.24, 2.45) is 5.73 Å². The molecular formula is C20H16ClN5O4S. The molecule has 0 aliphatic carbocycles. The molecule has 0 radical (unpaired) electrons. The van der Waals surface area contributed by atoms with Gasteiger partial charge in [-0.3, -0.25) is 14.0 Å². The van der Waals surface area contributed by atoms with E-state index in [0.717, 1.165) is 11.3 Å². The number of hydrogen-bond donors (Lipinski definition) is 2. The summed E-state index contributed by atoms with van der Waals surface area (Å²) in [6.07, 6.45) is 4.64. The zero-order valence-corrected chi connectivity index (χ0v) is 17.7. The fourth-order valence-corrected chi connectivity index (χ4v) is 4.22. The number of amides is 1. The van der Waals surface area contributed by atoms with E-state index in [1.54, 1.807) is 35.7 Å². The Hall–Kier alpha value is -3.34. The number of benzene rings is 1. The zero-order chi connectivity index (χ0) is 22.1. The molecule has 11 heteroatoms. The Labute approximate surface area is 185 Å². The molecule has 1 aromatic carbocycles. The second-order valence-electron chi connectivity index (χ2n) is 6.59. The molecule has 9 nitrogen and oxygen atoms in total. The minimum atomic E-state index is -0.684. The Morgan fingerprint density at radius 3 is 2.87 bits per heavy atom. The van der Waals surface area contributed by atoms with Gasteiger partial charge in [-0.15, -0.1) is 11.3 Å². The van der Waals surface area contributed by atoms with Crippen molar-refractivity contribution in [3.05, 3.63) is 63.5 Å². The second-order valence-corrected chi connectivity index (χ2v) is 8.00. The molecule has 0 saturated heterocycles. The number of thiazole rings is 1. The summed E-state index contributed by atoms with van der Waals surface area (Å²) in [5.74, 6) is -0.612. The van der Waals surface area contributed by atoms with Gasteiger partial charge in [-0.1, -0.05) is 23.7 Å². The number of nitrogens with two attached hydrogens (primary N) is 1. The van der Waals surface area contributed by atoms with Crippen LogP contribution in [0, 0.1) is 0 Å². The van der Waals surface area contributed by atoms with E-state index in [1.165, 1.54) is 12.4 Å². The van der Waals surface area contributed by atoms with E-state index >= 15 is 0 Å². The fraction of sp³-hybridized carbons (Fsp3) is 0.150. The molecule has 0 aliphatic rings. The molecule has 0 aliphatic heterocycles. The number of rotatable bonds is 7. The molecule has 4 rings (SSSR count). The van der Waals surface area contributed by atoms with Gasteiger partial charge >= 0.3 is 0 Å². The van der Waals surface area contributed by atoms with E-state index in [1.807, 2.05) is 0 Å². The van der Waals surface area contributed by atoms with Crippen LogP contribution in [-0.2, 0) is 6.61 Å². The van der Waals surface area contributed by atoms with E-state index < -0.39 is 12.0 Å². The number of carbonyl (C=O) groups excluding carboxylic acids is 2. The highest BCUT2D eigenvalue weighted by molar-refractivity contribution is 7.17. The number of halogens is 1. The van der Waals surface area contributed by atoms with Gasteiger partial charge in [-0.25, -0.2) is 9.97 Å². The number of imidazole rings is 1. The second kappa shape index (κ2) is 8.42. The van der Waals surface area contributed by atoms with E-state index in [-0.39, 0.29) is 23.1 Å². The van der Waals surface area contributed by atoms with Gasteiger partial charge in [-0.05, 0) is 18.6 Å². The molecule has 1 atom stereocenters. The number of nitrogens with zero attached hydrogens (tertiary/aromatic N) is 4. The third-order valence-corrected chi connectivity index (χ3v) is 5.95. The smallest absolute Gasteiger partial charge is 0.264 e. The van der Waals surface area contributed by atoms with Crippen molar-refractivity contribution >= 4 is 40.8 Å². The summed E-state index contributed by atoms with van der Waals surface area (Å²) in [6, 6.07) is 5.13. The van der Waals surface area contributed by atoms with Gasteiger partial charge in [0.2, 0.25) is 5.88 Å². The summed E-state index contributed by atoms with van der Waals surface area (Å²) >= 11 is 7.36. The van der Waals surface area contributed by atoms with Crippen LogP contribution in [0.25, 0.3) is 16.3 Å². The zero-order valence-electron chi connectivity index (χ0n) is 16.2. The van der Waals surface area contributed by atoms with Gasteiger partial charge in [0, 0.05) is 16.8 Å². The van der Waals surface area contributed by atoms with Crippen LogP contribution in [0.5, 0.6) is 5.88 Å². The summed E-state index contributed by atoms with van der Waals surface area (Å²) in [4.78, 5) is 35.9. The molecule has 3 heterocycles.